The Morgan fingerprint density at radius 2 is 2.05 bits per heavy atom. The molecule has 1 aromatic carbocycles. The lowest BCUT2D eigenvalue weighted by Crippen LogP contribution is -2.41. The zero-order valence-electron chi connectivity index (χ0n) is 21.2. The normalized spacial score (nSPS) is 25.8. The number of nitrogens with one attached hydrogen (secondary N) is 1. The Hall–Kier alpha value is -2.74. The second-order valence-electron chi connectivity index (χ2n) is 9.25. The maximum absolute atomic E-state index is 15.8. The monoisotopic (exact) mass is 568 g/mol. The predicted octanol–water partition coefficient (Wildman–Crippen LogP) is 2.64. The lowest BCUT2D eigenvalue weighted by atomic mass is 9.98. The number of halogens is 1. The van der Waals surface area contributed by atoms with Crippen molar-refractivity contribution >= 4 is 41.5 Å². The van der Waals surface area contributed by atoms with Crippen molar-refractivity contribution in [3.63, 3.8) is 0 Å². The van der Waals surface area contributed by atoms with Crippen LogP contribution in [0.5, 0.6) is 5.75 Å². The lowest BCUT2D eigenvalue weighted by Gasteiger charge is -2.28. The molecular weight excluding hydrogens is 538 g/mol. The number of rotatable bonds is 10. The van der Waals surface area contributed by atoms with Gasteiger partial charge in [0.15, 0.2) is 17.5 Å². The number of aromatic nitrogens is 4. The Morgan fingerprint density at radius 1 is 1.34 bits per heavy atom. The number of aliphatic hydroxyl groups excluding tert-OH is 1. The van der Waals surface area contributed by atoms with Crippen LogP contribution in [0.15, 0.2) is 42.9 Å². The fraction of sp³-hybridized carbons (Fsp3) is 0.478. The summed E-state index contributed by atoms with van der Waals surface area (Å²) in [4.78, 5) is 24.6. The largest absolute Gasteiger partial charge is 0.462 e. The number of carbonyl (C=O) groups is 1. The highest BCUT2D eigenvalue weighted by Crippen LogP contribution is 2.48. The molecular formula is C23H30FN6O6PS. The molecule has 3 heterocycles. The van der Waals surface area contributed by atoms with Crippen LogP contribution in [-0.4, -0.2) is 67.2 Å². The number of fused-ring (bicyclic) bond motifs is 1. The van der Waals surface area contributed by atoms with E-state index in [-0.39, 0.29) is 24.3 Å². The fourth-order valence-corrected chi connectivity index (χ4v) is 6.29. The highest BCUT2D eigenvalue weighted by molar-refractivity contribution is 8.09. The zero-order chi connectivity index (χ0) is 27.7. The van der Waals surface area contributed by atoms with Crippen molar-refractivity contribution < 1.29 is 32.8 Å². The van der Waals surface area contributed by atoms with Crippen molar-refractivity contribution in [1.82, 2.24) is 24.6 Å². The number of esters is 1. The highest BCUT2D eigenvalue weighted by atomic mass is 32.5. The topological polar surface area (TPSA) is 156 Å². The van der Waals surface area contributed by atoms with E-state index in [0.29, 0.717) is 11.3 Å². The molecule has 4 rings (SSSR count). The average molecular weight is 569 g/mol. The number of imidazole rings is 1. The number of aliphatic hydroxyl groups is 1. The molecule has 0 bridgehead atoms. The van der Waals surface area contributed by atoms with Gasteiger partial charge < -0.3 is 29.4 Å². The second-order valence-corrected chi connectivity index (χ2v) is 12.4. The van der Waals surface area contributed by atoms with Gasteiger partial charge in [0.1, 0.15) is 29.5 Å². The molecule has 2 aromatic heterocycles. The van der Waals surface area contributed by atoms with Gasteiger partial charge in [-0.2, -0.15) is 4.98 Å². The van der Waals surface area contributed by atoms with Gasteiger partial charge in [-0.25, -0.2) is 19.4 Å². The van der Waals surface area contributed by atoms with Crippen molar-refractivity contribution in [2.75, 3.05) is 12.3 Å². The van der Waals surface area contributed by atoms with Crippen molar-refractivity contribution in [2.45, 2.75) is 63.9 Å². The summed E-state index contributed by atoms with van der Waals surface area (Å²) in [6.45, 7) is 2.45. The standard InChI is InChI=1S/C23H30FN6O6PS/c1-13(2)34-20(32)14(3)29-37(38,36-15-8-6-5-7-9-15)33-11-17-18(31)23(4,24)21(35-17)30-12-27-16-10-26-22(25)28-19(16)30/h5-10,12-14,17-18,21,31H,11H2,1-4H3,(H,29,38)(H2,25,26,28)/t14-,17-,18-,21-,23-,37?/m1/s1. The number of hydrogen-bond acceptors (Lipinski definition) is 11. The number of carbonyl (C=O) groups excluding carboxylic acids is 1. The van der Waals surface area contributed by atoms with Gasteiger partial charge in [0.2, 0.25) is 5.95 Å². The minimum atomic E-state index is -3.43. The minimum Gasteiger partial charge on any atom is -0.462 e. The van der Waals surface area contributed by atoms with E-state index in [2.05, 4.69) is 20.0 Å². The molecule has 1 fully saturated rings. The summed E-state index contributed by atoms with van der Waals surface area (Å²) in [5.74, 6) is -0.166. The van der Waals surface area contributed by atoms with Gasteiger partial charge in [-0.05, 0) is 51.6 Å². The summed E-state index contributed by atoms with van der Waals surface area (Å²) >= 11 is 5.68. The Bertz CT molecular complexity index is 1330. The molecule has 1 aliphatic rings. The number of ether oxygens (including phenoxy) is 2. The quantitative estimate of drug-likeness (QED) is 0.243. The number of anilines is 1. The van der Waals surface area contributed by atoms with Crippen LogP contribution < -0.4 is 15.3 Å². The lowest BCUT2D eigenvalue weighted by molar-refractivity contribution is -0.149. The van der Waals surface area contributed by atoms with Crippen LogP contribution in [0.4, 0.5) is 10.3 Å². The number of nitrogens with zero attached hydrogens (tertiary/aromatic N) is 4. The summed E-state index contributed by atoms with van der Waals surface area (Å²) in [5.41, 5.74) is 4.06. The molecule has 0 spiro atoms. The third-order valence-electron chi connectivity index (χ3n) is 5.74. The molecule has 0 aliphatic carbocycles. The number of alkyl halides is 1. The van der Waals surface area contributed by atoms with E-state index >= 15 is 4.39 Å². The minimum absolute atomic E-state index is 0.0202. The van der Waals surface area contributed by atoms with E-state index in [1.807, 2.05) is 0 Å². The van der Waals surface area contributed by atoms with Gasteiger partial charge in [-0.3, -0.25) is 9.36 Å². The van der Waals surface area contributed by atoms with Crippen LogP contribution >= 0.6 is 6.64 Å². The van der Waals surface area contributed by atoms with Gasteiger partial charge in [0.25, 0.3) is 0 Å². The first-order chi connectivity index (χ1) is 17.9. The maximum atomic E-state index is 15.8. The Labute approximate surface area is 223 Å². The SMILES string of the molecule is CC(C)OC(=O)[C@@H](C)NP(=S)(OC[C@H]1O[C@@H](n2cnc3cnc(N)nc32)[C@](C)(F)[C@@H]1O)Oc1ccccc1. The Kier molecular flexibility index (Phi) is 8.31. The smallest absolute Gasteiger partial charge is 0.323 e. The number of benzene rings is 1. The number of nitrogens with two attached hydrogens (primary N) is 1. The van der Waals surface area contributed by atoms with Crippen molar-refractivity contribution in [1.29, 1.82) is 0 Å². The summed E-state index contributed by atoms with van der Waals surface area (Å²) in [6.07, 6.45) is -1.64. The predicted molar refractivity (Wildman–Crippen MR) is 140 cm³/mol. The molecule has 206 valence electrons. The average Bonchev–Trinajstić information content (AvgIpc) is 3.35. The van der Waals surface area contributed by atoms with Gasteiger partial charge in [-0.1, -0.05) is 18.2 Å². The molecule has 38 heavy (non-hydrogen) atoms. The van der Waals surface area contributed by atoms with Crippen LogP contribution in [-0.2, 0) is 30.6 Å². The number of hydrogen-bond donors (Lipinski definition) is 3. The molecule has 1 unspecified atom stereocenters. The first-order valence-electron chi connectivity index (χ1n) is 11.8. The summed E-state index contributed by atoms with van der Waals surface area (Å²) in [6, 6.07) is 7.78. The molecule has 12 nitrogen and oxygen atoms in total. The van der Waals surface area contributed by atoms with Gasteiger partial charge in [-0.15, -0.1) is 0 Å². The molecule has 15 heteroatoms. The third-order valence-corrected chi connectivity index (χ3v) is 8.24. The summed E-state index contributed by atoms with van der Waals surface area (Å²) in [5, 5.41) is 13.7. The highest BCUT2D eigenvalue weighted by Gasteiger charge is 2.55. The van der Waals surface area contributed by atoms with Crippen LogP contribution in [0.3, 0.4) is 0 Å². The van der Waals surface area contributed by atoms with E-state index in [4.69, 9.17) is 36.1 Å². The van der Waals surface area contributed by atoms with Crippen LogP contribution in [0.25, 0.3) is 11.2 Å². The molecule has 0 radical (unpaired) electrons. The van der Waals surface area contributed by atoms with Crippen LogP contribution in [0, 0.1) is 0 Å². The van der Waals surface area contributed by atoms with Gasteiger partial charge in [0.05, 0.1) is 25.2 Å². The third kappa shape index (κ3) is 6.11. The molecule has 6 atom stereocenters. The maximum Gasteiger partial charge on any atom is 0.323 e. The van der Waals surface area contributed by atoms with Gasteiger partial charge in [0, 0.05) is 0 Å². The molecule has 3 aromatic rings. The molecule has 1 aliphatic heterocycles. The number of para-hydroxylation sites is 1. The fourth-order valence-electron chi connectivity index (χ4n) is 3.87. The van der Waals surface area contributed by atoms with E-state index in [1.54, 1.807) is 51.1 Å². The zero-order valence-corrected chi connectivity index (χ0v) is 22.9. The first kappa shape index (κ1) is 28.3. The summed E-state index contributed by atoms with van der Waals surface area (Å²) < 4.78 is 40.2. The Balaban J connectivity index is 1.54. The number of nitrogen functional groups attached to an aromatic ring is 1. The van der Waals surface area contributed by atoms with Crippen molar-refractivity contribution in [3.8, 4) is 5.75 Å². The van der Waals surface area contributed by atoms with Crippen LogP contribution in [0.2, 0.25) is 0 Å². The van der Waals surface area contributed by atoms with Gasteiger partial charge >= 0.3 is 12.6 Å². The first-order valence-corrected chi connectivity index (χ1v) is 14.5. The van der Waals surface area contributed by atoms with E-state index in [0.717, 1.165) is 0 Å². The molecule has 0 amide bonds. The van der Waals surface area contributed by atoms with E-state index in [1.165, 1.54) is 24.0 Å². The van der Waals surface area contributed by atoms with Crippen LogP contribution in [0.1, 0.15) is 33.9 Å². The molecule has 4 N–H and O–H groups in total. The molecule has 0 saturated carbocycles. The Morgan fingerprint density at radius 3 is 2.74 bits per heavy atom. The van der Waals surface area contributed by atoms with E-state index < -0.39 is 42.8 Å². The van der Waals surface area contributed by atoms with E-state index in [9.17, 15) is 9.90 Å². The summed E-state index contributed by atoms with van der Waals surface area (Å²) in [7, 11) is 0. The van der Waals surface area contributed by atoms with Crippen molar-refractivity contribution in [2.24, 2.45) is 0 Å². The van der Waals surface area contributed by atoms with Crippen molar-refractivity contribution in [3.05, 3.63) is 42.9 Å². The molecule has 1 saturated heterocycles. The second kappa shape index (κ2) is 11.2.